The molecule has 3 saturated heterocycles. The van der Waals surface area contributed by atoms with E-state index < -0.39 is 17.7 Å². The Kier molecular flexibility index (Phi) is 4.10. The fourth-order valence-corrected chi connectivity index (χ4v) is 5.52. The van der Waals surface area contributed by atoms with Gasteiger partial charge in [-0.1, -0.05) is 12.1 Å². The second-order valence-corrected chi connectivity index (χ2v) is 7.78. The Hall–Kier alpha value is -1.82. The standard InChI is InChI=1S/C19H25FN2O3/c20-16-5-1-2-6-17(16)21-9-3-4-13(12-21)19-8-7-14(10-15(23)11-19)22(19)18(24)25/h1-2,5-6,13-15,23H,3-4,7-12H2,(H,24,25). The minimum atomic E-state index is -0.877. The van der Waals surface area contributed by atoms with Crippen molar-refractivity contribution in [3.8, 4) is 0 Å². The Balaban J connectivity index is 1.63. The zero-order valence-electron chi connectivity index (χ0n) is 14.3. The molecule has 6 heteroatoms. The average molecular weight is 348 g/mol. The first-order chi connectivity index (χ1) is 12.0. The SMILES string of the molecule is O=C(O)N1C2CCC1(C1CCCN(c3ccccc3F)C1)CC(O)C2. The van der Waals surface area contributed by atoms with Crippen molar-refractivity contribution in [1.82, 2.24) is 4.90 Å². The Morgan fingerprint density at radius 1 is 1.28 bits per heavy atom. The van der Waals surface area contributed by atoms with Gasteiger partial charge in [0.1, 0.15) is 5.82 Å². The number of rotatable bonds is 2. The lowest BCUT2D eigenvalue weighted by Crippen LogP contribution is -2.62. The number of carbonyl (C=O) groups is 1. The highest BCUT2D eigenvalue weighted by Crippen LogP contribution is 2.50. The van der Waals surface area contributed by atoms with Gasteiger partial charge < -0.3 is 15.1 Å². The first-order valence-corrected chi connectivity index (χ1v) is 9.21. The molecule has 4 atom stereocenters. The van der Waals surface area contributed by atoms with Crippen molar-refractivity contribution in [2.24, 2.45) is 5.92 Å². The van der Waals surface area contributed by atoms with Crippen LogP contribution in [-0.4, -0.2) is 52.0 Å². The molecule has 0 saturated carbocycles. The summed E-state index contributed by atoms with van der Waals surface area (Å²) >= 11 is 0. The van der Waals surface area contributed by atoms with Gasteiger partial charge in [0.25, 0.3) is 0 Å². The third-order valence-corrected chi connectivity index (χ3v) is 6.47. The van der Waals surface area contributed by atoms with Crippen LogP contribution < -0.4 is 4.90 Å². The summed E-state index contributed by atoms with van der Waals surface area (Å²) in [6, 6.07) is 6.70. The number of piperidine rings is 2. The van der Waals surface area contributed by atoms with Gasteiger partial charge in [0.15, 0.2) is 0 Å². The van der Waals surface area contributed by atoms with Crippen LogP contribution >= 0.6 is 0 Å². The molecule has 136 valence electrons. The largest absolute Gasteiger partial charge is 0.465 e. The first-order valence-electron chi connectivity index (χ1n) is 9.21. The Bertz CT molecular complexity index is 670. The maximum Gasteiger partial charge on any atom is 0.408 e. The van der Waals surface area contributed by atoms with Crippen LogP contribution in [0.3, 0.4) is 0 Å². The van der Waals surface area contributed by atoms with Crippen LogP contribution in [0.1, 0.15) is 38.5 Å². The summed E-state index contributed by atoms with van der Waals surface area (Å²) in [6.45, 7) is 1.43. The highest BCUT2D eigenvalue weighted by molar-refractivity contribution is 5.68. The van der Waals surface area contributed by atoms with E-state index in [-0.39, 0.29) is 17.8 Å². The topological polar surface area (TPSA) is 64.0 Å². The molecule has 3 aliphatic heterocycles. The van der Waals surface area contributed by atoms with Crippen molar-refractivity contribution in [2.75, 3.05) is 18.0 Å². The first kappa shape index (κ1) is 16.6. The van der Waals surface area contributed by atoms with E-state index in [4.69, 9.17) is 0 Å². The lowest BCUT2D eigenvalue weighted by atomic mass is 9.72. The Morgan fingerprint density at radius 2 is 2.08 bits per heavy atom. The fraction of sp³-hybridized carbons (Fsp3) is 0.632. The molecule has 0 radical (unpaired) electrons. The third-order valence-electron chi connectivity index (χ3n) is 6.47. The van der Waals surface area contributed by atoms with Gasteiger partial charge in [0.05, 0.1) is 17.3 Å². The van der Waals surface area contributed by atoms with Gasteiger partial charge in [-0.2, -0.15) is 0 Å². The number of para-hydroxylation sites is 1. The number of aliphatic hydroxyl groups is 1. The van der Waals surface area contributed by atoms with Crippen LogP contribution in [0.25, 0.3) is 0 Å². The summed E-state index contributed by atoms with van der Waals surface area (Å²) < 4.78 is 14.2. The van der Waals surface area contributed by atoms with Gasteiger partial charge in [-0.05, 0) is 50.7 Å². The molecule has 1 amide bonds. The quantitative estimate of drug-likeness (QED) is 0.862. The zero-order valence-corrected chi connectivity index (χ0v) is 14.3. The second kappa shape index (κ2) is 6.16. The van der Waals surface area contributed by atoms with E-state index in [0.717, 1.165) is 32.2 Å². The van der Waals surface area contributed by atoms with E-state index in [1.807, 2.05) is 11.0 Å². The minimum absolute atomic E-state index is 0.0786. The van der Waals surface area contributed by atoms with Gasteiger partial charge in [0, 0.05) is 25.0 Å². The van der Waals surface area contributed by atoms with Gasteiger partial charge in [0.2, 0.25) is 0 Å². The predicted octanol–water partition coefficient (Wildman–Crippen LogP) is 3.08. The van der Waals surface area contributed by atoms with Crippen molar-refractivity contribution in [1.29, 1.82) is 0 Å². The van der Waals surface area contributed by atoms with Crippen LogP contribution in [0.5, 0.6) is 0 Å². The molecule has 25 heavy (non-hydrogen) atoms. The molecule has 1 aromatic rings. The molecule has 0 aliphatic carbocycles. The van der Waals surface area contributed by atoms with Crippen molar-refractivity contribution in [2.45, 2.75) is 56.2 Å². The highest BCUT2D eigenvalue weighted by atomic mass is 19.1. The number of halogens is 1. The summed E-state index contributed by atoms with van der Waals surface area (Å²) in [4.78, 5) is 15.6. The van der Waals surface area contributed by atoms with Crippen LogP contribution in [0.4, 0.5) is 14.9 Å². The van der Waals surface area contributed by atoms with E-state index in [0.29, 0.717) is 25.1 Å². The van der Waals surface area contributed by atoms with Crippen molar-refractivity contribution in [3.05, 3.63) is 30.1 Å². The smallest absolute Gasteiger partial charge is 0.408 e. The molecule has 3 aliphatic rings. The lowest BCUT2D eigenvalue weighted by Gasteiger charge is -2.52. The van der Waals surface area contributed by atoms with Gasteiger partial charge in [-0.3, -0.25) is 4.90 Å². The number of benzene rings is 1. The van der Waals surface area contributed by atoms with Crippen molar-refractivity contribution in [3.63, 3.8) is 0 Å². The Morgan fingerprint density at radius 3 is 2.84 bits per heavy atom. The molecule has 0 aromatic heterocycles. The monoisotopic (exact) mass is 348 g/mol. The third kappa shape index (κ3) is 2.67. The predicted molar refractivity (Wildman–Crippen MR) is 92.2 cm³/mol. The van der Waals surface area contributed by atoms with E-state index in [1.54, 1.807) is 17.0 Å². The van der Waals surface area contributed by atoms with Crippen molar-refractivity contribution >= 4 is 11.8 Å². The highest BCUT2D eigenvalue weighted by Gasteiger charge is 2.57. The van der Waals surface area contributed by atoms with E-state index >= 15 is 0 Å². The molecule has 5 nitrogen and oxygen atoms in total. The number of anilines is 1. The molecule has 1 aromatic carbocycles. The molecule has 4 rings (SSSR count). The minimum Gasteiger partial charge on any atom is -0.465 e. The molecule has 0 spiro atoms. The maximum atomic E-state index is 14.2. The summed E-state index contributed by atoms with van der Waals surface area (Å²) in [6.07, 6.45) is 3.19. The van der Waals surface area contributed by atoms with Gasteiger partial charge in [-0.15, -0.1) is 0 Å². The molecule has 3 heterocycles. The number of carboxylic acid groups (broad SMARTS) is 1. The van der Waals surface area contributed by atoms with Crippen LogP contribution in [-0.2, 0) is 0 Å². The molecule has 3 fully saturated rings. The summed E-state index contributed by atoms with van der Waals surface area (Å²) in [7, 11) is 0. The second-order valence-electron chi connectivity index (χ2n) is 7.78. The molecule has 4 unspecified atom stereocenters. The van der Waals surface area contributed by atoms with E-state index in [1.165, 1.54) is 6.07 Å². The van der Waals surface area contributed by atoms with Crippen LogP contribution in [0.2, 0.25) is 0 Å². The number of amides is 1. The van der Waals surface area contributed by atoms with Gasteiger partial charge in [-0.25, -0.2) is 9.18 Å². The molecular weight excluding hydrogens is 323 g/mol. The molecule has 2 bridgehead atoms. The van der Waals surface area contributed by atoms with Gasteiger partial charge >= 0.3 is 6.09 Å². The summed E-state index contributed by atoms with van der Waals surface area (Å²) in [5, 5.41) is 20.1. The van der Waals surface area contributed by atoms with Crippen molar-refractivity contribution < 1.29 is 19.4 Å². The number of aliphatic hydroxyl groups excluding tert-OH is 1. The summed E-state index contributed by atoms with van der Waals surface area (Å²) in [5.74, 6) is -0.111. The number of nitrogens with zero attached hydrogens (tertiary/aromatic N) is 2. The normalized spacial score (nSPS) is 35.0. The molecular formula is C19H25FN2O3. The van der Waals surface area contributed by atoms with Crippen LogP contribution in [0.15, 0.2) is 24.3 Å². The van der Waals surface area contributed by atoms with Crippen LogP contribution in [0, 0.1) is 11.7 Å². The molecule has 2 N–H and O–H groups in total. The average Bonchev–Trinajstić information content (AvgIpc) is 2.85. The summed E-state index contributed by atoms with van der Waals surface area (Å²) in [5.41, 5.74) is 0.0920. The zero-order chi connectivity index (χ0) is 17.6. The maximum absolute atomic E-state index is 14.2. The lowest BCUT2D eigenvalue weighted by molar-refractivity contribution is -0.0390. The van der Waals surface area contributed by atoms with E-state index in [9.17, 15) is 19.4 Å². The number of fused-ring (bicyclic) bond motifs is 2. The number of hydrogen-bond donors (Lipinski definition) is 2. The number of hydrogen-bond acceptors (Lipinski definition) is 3. The fourth-order valence-electron chi connectivity index (χ4n) is 5.52. The Labute approximate surface area is 147 Å². The van der Waals surface area contributed by atoms with E-state index in [2.05, 4.69) is 0 Å².